The van der Waals surface area contributed by atoms with Gasteiger partial charge in [-0.25, -0.2) is 4.79 Å². The standard InChI is InChI=1S/C41H43N3O4/c1-44(27-31-12-6-3-7-13-31)28-38-24-39(34-20-18-32(29-45)19-21-34)48-40(47-38)37-17-9-16-36(23-37)35-15-8-14-33(22-35)26-43-41(46)42-25-30-10-4-2-5-11-30/h2-23,38-40,45H,24-29H2,1H3,(H2,42,43,46)/t38-,39+,40+/m0/s1. The lowest BCUT2D eigenvalue weighted by Crippen LogP contribution is -2.37. The highest BCUT2D eigenvalue weighted by Gasteiger charge is 2.33. The van der Waals surface area contributed by atoms with Crippen LogP contribution >= 0.6 is 0 Å². The minimum atomic E-state index is -0.547. The summed E-state index contributed by atoms with van der Waals surface area (Å²) in [5.41, 5.74) is 8.30. The molecule has 5 aromatic carbocycles. The van der Waals surface area contributed by atoms with Crippen LogP contribution in [0.3, 0.4) is 0 Å². The smallest absolute Gasteiger partial charge is 0.315 e. The van der Waals surface area contributed by atoms with E-state index in [2.05, 4.69) is 77.2 Å². The Kier molecular flexibility index (Phi) is 11.3. The molecule has 1 fully saturated rings. The highest BCUT2D eigenvalue weighted by Crippen LogP contribution is 2.39. The maximum Gasteiger partial charge on any atom is 0.315 e. The highest BCUT2D eigenvalue weighted by molar-refractivity contribution is 5.74. The van der Waals surface area contributed by atoms with Crippen molar-refractivity contribution in [1.29, 1.82) is 0 Å². The van der Waals surface area contributed by atoms with E-state index in [0.717, 1.165) is 58.5 Å². The first kappa shape index (κ1) is 33.1. The highest BCUT2D eigenvalue weighted by atomic mass is 16.7. The molecule has 3 atom stereocenters. The number of urea groups is 1. The maximum absolute atomic E-state index is 12.4. The number of likely N-dealkylation sites (N-methyl/N-ethyl adjacent to an activating group) is 1. The van der Waals surface area contributed by atoms with Gasteiger partial charge >= 0.3 is 6.03 Å². The van der Waals surface area contributed by atoms with Crippen LogP contribution in [0.15, 0.2) is 133 Å². The molecule has 3 N–H and O–H groups in total. The molecule has 6 rings (SSSR count). The number of aliphatic hydroxyl groups is 1. The van der Waals surface area contributed by atoms with Crippen LogP contribution in [0.2, 0.25) is 0 Å². The number of benzene rings is 5. The van der Waals surface area contributed by atoms with Crippen molar-refractivity contribution in [3.8, 4) is 11.1 Å². The summed E-state index contributed by atoms with van der Waals surface area (Å²) < 4.78 is 13.3. The van der Waals surface area contributed by atoms with Gasteiger partial charge in [0.1, 0.15) is 0 Å². The molecule has 0 unspecified atom stereocenters. The van der Waals surface area contributed by atoms with Crippen LogP contribution in [-0.2, 0) is 35.7 Å². The zero-order valence-corrected chi connectivity index (χ0v) is 27.3. The van der Waals surface area contributed by atoms with Crippen molar-refractivity contribution in [2.24, 2.45) is 0 Å². The Morgan fingerprint density at radius 3 is 2.02 bits per heavy atom. The summed E-state index contributed by atoms with van der Waals surface area (Å²) in [5.74, 6) is 0. The topological polar surface area (TPSA) is 83.1 Å². The van der Waals surface area contributed by atoms with Gasteiger partial charge in [-0.2, -0.15) is 0 Å². The number of rotatable bonds is 12. The second-order valence-electron chi connectivity index (χ2n) is 12.4. The van der Waals surface area contributed by atoms with Gasteiger partial charge in [0.15, 0.2) is 6.29 Å². The Labute approximate surface area is 283 Å². The molecule has 0 saturated carbocycles. The van der Waals surface area contributed by atoms with Gasteiger partial charge in [-0.3, -0.25) is 4.90 Å². The fourth-order valence-corrected chi connectivity index (χ4v) is 6.09. The molecule has 1 aliphatic heterocycles. The summed E-state index contributed by atoms with van der Waals surface area (Å²) >= 11 is 0. The van der Waals surface area contributed by atoms with E-state index in [9.17, 15) is 9.90 Å². The first-order valence-electron chi connectivity index (χ1n) is 16.5. The Morgan fingerprint density at radius 2 is 1.31 bits per heavy atom. The quantitative estimate of drug-likeness (QED) is 0.131. The number of carbonyl (C=O) groups is 1. The van der Waals surface area contributed by atoms with Crippen LogP contribution in [-0.4, -0.2) is 35.7 Å². The van der Waals surface area contributed by atoms with Crippen molar-refractivity contribution in [2.75, 3.05) is 13.6 Å². The van der Waals surface area contributed by atoms with Gasteiger partial charge in [0.25, 0.3) is 0 Å². The number of hydrogen-bond donors (Lipinski definition) is 3. The van der Waals surface area contributed by atoms with Crippen LogP contribution < -0.4 is 10.6 Å². The van der Waals surface area contributed by atoms with Crippen molar-refractivity contribution in [3.63, 3.8) is 0 Å². The second-order valence-corrected chi connectivity index (χ2v) is 12.4. The van der Waals surface area contributed by atoms with Crippen molar-refractivity contribution < 1.29 is 19.4 Å². The average molecular weight is 642 g/mol. The molecule has 1 heterocycles. The number of amides is 2. The summed E-state index contributed by atoms with van der Waals surface area (Å²) in [4.78, 5) is 14.7. The third-order valence-electron chi connectivity index (χ3n) is 8.59. The summed E-state index contributed by atoms with van der Waals surface area (Å²) in [7, 11) is 2.13. The molecule has 0 aromatic heterocycles. The molecule has 0 spiro atoms. The molecule has 0 aliphatic carbocycles. The normalized spacial score (nSPS) is 17.6. The van der Waals surface area contributed by atoms with Crippen LogP contribution in [0.4, 0.5) is 4.79 Å². The molecule has 0 bridgehead atoms. The fraction of sp³-hybridized carbons (Fsp3) is 0.244. The molecular weight excluding hydrogens is 598 g/mol. The van der Waals surface area contributed by atoms with E-state index in [-0.39, 0.29) is 24.8 Å². The zero-order chi connectivity index (χ0) is 33.1. The molecular formula is C41H43N3O4. The van der Waals surface area contributed by atoms with E-state index in [1.54, 1.807) is 0 Å². The molecule has 48 heavy (non-hydrogen) atoms. The third kappa shape index (κ3) is 9.18. The summed E-state index contributed by atoms with van der Waals surface area (Å²) in [6.07, 6.45) is -0.0276. The van der Waals surface area contributed by atoms with Crippen molar-refractivity contribution in [3.05, 3.63) is 167 Å². The van der Waals surface area contributed by atoms with Crippen molar-refractivity contribution in [2.45, 2.75) is 51.2 Å². The van der Waals surface area contributed by atoms with Gasteiger partial charge < -0.3 is 25.2 Å². The number of hydrogen-bond acceptors (Lipinski definition) is 5. The number of carbonyl (C=O) groups excluding carboxylic acids is 1. The SMILES string of the molecule is CN(Cc1ccccc1)C[C@@H]1C[C@H](c2ccc(CO)cc2)O[C@H](c2cccc(-c3cccc(CNC(=O)NCc4ccccc4)c3)c2)O1. The van der Waals surface area contributed by atoms with E-state index in [0.29, 0.717) is 13.1 Å². The van der Waals surface area contributed by atoms with Gasteiger partial charge in [0.05, 0.1) is 18.8 Å². The molecule has 7 nitrogen and oxygen atoms in total. The monoisotopic (exact) mass is 641 g/mol. The molecule has 246 valence electrons. The average Bonchev–Trinajstić information content (AvgIpc) is 3.14. The van der Waals surface area contributed by atoms with Gasteiger partial charge in [-0.15, -0.1) is 0 Å². The first-order chi connectivity index (χ1) is 23.5. The van der Waals surface area contributed by atoms with Gasteiger partial charge in [-0.1, -0.05) is 121 Å². The lowest BCUT2D eigenvalue weighted by molar-refractivity contribution is -0.252. The summed E-state index contributed by atoms with van der Waals surface area (Å²) in [6.45, 7) is 2.49. The molecule has 1 saturated heterocycles. The minimum Gasteiger partial charge on any atom is -0.392 e. The number of nitrogens with zero attached hydrogens (tertiary/aromatic N) is 1. The van der Waals surface area contributed by atoms with E-state index in [1.165, 1.54) is 5.56 Å². The van der Waals surface area contributed by atoms with Crippen LogP contribution in [0, 0.1) is 0 Å². The number of aliphatic hydroxyl groups excluding tert-OH is 1. The summed E-state index contributed by atoms with van der Waals surface area (Å²) in [5, 5.41) is 15.4. The van der Waals surface area contributed by atoms with Gasteiger partial charge in [0.2, 0.25) is 0 Å². The number of nitrogens with one attached hydrogen (secondary N) is 2. The first-order valence-corrected chi connectivity index (χ1v) is 16.5. The Hall–Kier alpha value is -4.79. The fourth-order valence-electron chi connectivity index (χ4n) is 6.09. The molecule has 1 aliphatic rings. The molecule has 7 heteroatoms. The maximum atomic E-state index is 12.4. The number of ether oxygens (including phenoxy) is 2. The lowest BCUT2D eigenvalue weighted by Gasteiger charge is -2.38. The van der Waals surface area contributed by atoms with E-state index in [4.69, 9.17) is 9.47 Å². The zero-order valence-electron chi connectivity index (χ0n) is 27.3. The minimum absolute atomic E-state index is 0.00988. The van der Waals surface area contributed by atoms with Gasteiger partial charge in [-0.05, 0) is 58.1 Å². The van der Waals surface area contributed by atoms with E-state index < -0.39 is 6.29 Å². The Balaban J connectivity index is 1.15. The largest absolute Gasteiger partial charge is 0.392 e. The predicted molar refractivity (Wildman–Crippen MR) is 189 cm³/mol. The summed E-state index contributed by atoms with van der Waals surface area (Å²) in [6, 6.07) is 44.6. The molecule has 0 radical (unpaired) electrons. The van der Waals surface area contributed by atoms with Crippen LogP contribution in [0.5, 0.6) is 0 Å². The van der Waals surface area contributed by atoms with Crippen molar-refractivity contribution >= 4 is 6.03 Å². The lowest BCUT2D eigenvalue weighted by atomic mass is 9.98. The van der Waals surface area contributed by atoms with E-state index in [1.807, 2.05) is 78.9 Å². The second kappa shape index (κ2) is 16.4. The van der Waals surface area contributed by atoms with Gasteiger partial charge in [0, 0.05) is 38.2 Å². The molecule has 5 aromatic rings. The molecule has 2 amide bonds. The third-order valence-corrected chi connectivity index (χ3v) is 8.59. The van der Waals surface area contributed by atoms with Crippen LogP contribution in [0.1, 0.15) is 52.2 Å². The Morgan fingerprint density at radius 1 is 0.688 bits per heavy atom. The van der Waals surface area contributed by atoms with Crippen LogP contribution in [0.25, 0.3) is 11.1 Å². The predicted octanol–water partition coefficient (Wildman–Crippen LogP) is 7.52. The Bertz CT molecular complexity index is 1750. The van der Waals surface area contributed by atoms with Crippen molar-refractivity contribution in [1.82, 2.24) is 15.5 Å². The van der Waals surface area contributed by atoms with E-state index >= 15 is 0 Å².